The zero-order chi connectivity index (χ0) is 7.24. The Morgan fingerprint density at radius 2 is 1.91 bits per heavy atom. The molecular formula is C8H16ClNO. The van der Waals surface area contributed by atoms with Gasteiger partial charge in [-0.3, -0.25) is 0 Å². The standard InChI is InChI=1S/C8H15NO.ClH/c1-7-4-8(5-7,6-7)9-2-3-10;/h9-10H,2-6H2,1H3;1H. The van der Waals surface area contributed by atoms with Gasteiger partial charge in [0, 0.05) is 12.1 Å². The first-order valence-corrected chi connectivity index (χ1v) is 4.04. The minimum atomic E-state index is 0. The highest BCUT2D eigenvalue weighted by atomic mass is 35.5. The van der Waals surface area contributed by atoms with Crippen molar-refractivity contribution in [1.29, 1.82) is 0 Å². The average Bonchev–Trinajstić information content (AvgIpc) is 1.75. The lowest BCUT2D eigenvalue weighted by Crippen LogP contribution is -2.72. The van der Waals surface area contributed by atoms with E-state index in [2.05, 4.69) is 12.2 Å². The molecule has 3 aliphatic rings. The Kier molecular flexibility index (Phi) is 2.21. The van der Waals surface area contributed by atoms with E-state index in [-0.39, 0.29) is 19.0 Å². The molecule has 3 fully saturated rings. The molecule has 0 heterocycles. The lowest BCUT2D eigenvalue weighted by atomic mass is 9.40. The zero-order valence-electron chi connectivity index (χ0n) is 6.89. The van der Waals surface area contributed by atoms with Crippen LogP contribution in [0.2, 0.25) is 0 Å². The Bertz CT molecular complexity index is 140. The highest BCUT2D eigenvalue weighted by Crippen LogP contribution is 2.66. The van der Waals surface area contributed by atoms with Crippen LogP contribution in [0.15, 0.2) is 0 Å². The SMILES string of the molecule is CC12CC(NCCO)(C1)C2.Cl. The second-order valence-corrected chi connectivity index (χ2v) is 4.27. The molecule has 3 rings (SSSR count). The van der Waals surface area contributed by atoms with Crippen LogP contribution in [0.3, 0.4) is 0 Å². The van der Waals surface area contributed by atoms with E-state index in [4.69, 9.17) is 5.11 Å². The number of aliphatic hydroxyl groups excluding tert-OH is 1. The van der Waals surface area contributed by atoms with Crippen molar-refractivity contribution in [2.45, 2.75) is 31.7 Å². The Hall–Kier alpha value is 0.210. The van der Waals surface area contributed by atoms with Gasteiger partial charge in [-0.15, -0.1) is 12.4 Å². The molecule has 0 aromatic heterocycles. The van der Waals surface area contributed by atoms with Crippen LogP contribution < -0.4 is 5.32 Å². The first-order chi connectivity index (χ1) is 4.68. The third kappa shape index (κ3) is 1.28. The minimum Gasteiger partial charge on any atom is -0.395 e. The third-order valence-electron chi connectivity index (χ3n) is 2.91. The van der Waals surface area contributed by atoms with Gasteiger partial charge in [-0.1, -0.05) is 6.92 Å². The molecule has 66 valence electrons. The maximum atomic E-state index is 8.57. The van der Waals surface area contributed by atoms with Gasteiger partial charge in [-0.25, -0.2) is 0 Å². The zero-order valence-corrected chi connectivity index (χ0v) is 7.71. The van der Waals surface area contributed by atoms with Gasteiger partial charge in [-0.2, -0.15) is 0 Å². The number of aliphatic hydroxyl groups is 1. The first-order valence-electron chi connectivity index (χ1n) is 4.04. The van der Waals surface area contributed by atoms with Crippen molar-refractivity contribution in [2.75, 3.05) is 13.2 Å². The van der Waals surface area contributed by atoms with Gasteiger partial charge in [-0.05, 0) is 24.7 Å². The molecule has 2 N–H and O–H groups in total. The van der Waals surface area contributed by atoms with Crippen LogP contribution in [-0.4, -0.2) is 23.8 Å². The normalized spacial score (nSPS) is 45.3. The monoisotopic (exact) mass is 177 g/mol. The number of rotatable bonds is 3. The second-order valence-electron chi connectivity index (χ2n) is 4.27. The summed E-state index contributed by atoms with van der Waals surface area (Å²) in [5.41, 5.74) is 1.15. The summed E-state index contributed by atoms with van der Waals surface area (Å²) in [6.07, 6.45) is 4.00. The Labute approximate surface area is 73.8 Å². The number of hydrogen-bond donors (Lipinski definition) is 2. The largest absolute Gasteiger partial charge is 0.395 e. The molecule has 0 atom stereocenters. The van der Waals surface area contributed by atoms with E-state index in [0.29, 0.717) is 11.0 Å². The highest BCUT2D eigenvalue weighted by Gasteiger charge is 2.64. The van der Waals surface area contributed by atoms with E-state index >= 15 is 0 Å². The van der Waals surface area contributed by atoms with E-state index in [9.17, 15) is 0 Å². The predicted molar refractivity (Wildman–Crippen MR) is 47.0 cm³/mol. The van der Waals surface area contributed by atoms with Crippen LogP contribution in [0.5, 0.6) is 0 Å². The van der Waals surface area contributed by atoms with E-state index in [1.807, 2.05) is 0 Å². The van der Waals surface area contributed by atoms with Crippen LogP contribution in [0.25, 0.3) is 0 Å². The maximum Gasteiger partial charge on any atom is 0.0556 e. The molecule has 3 heteroatoms. The minimum absolute atomic E-state index is 0. The molecule has 0 aromatic carbocycles. The lowest BCUT2D eigenvalue weighted by Gasteiger charge is -2.70. The van der Waals surface area contributed by atoms with Gasteiger partial charge in [0.1, 0.15) is 0 Å². The van der Waals surface area contributed by atoms with E-state index in [0.717, 1.165) is 6.54 Å². The Balaban J connectivity index is 0.000000605. The van der Waals surface area contributed by atoms with Crippen LogP contribution in [-0.2, 0) is 0 Å². The molecule has 3 aliphatic carbocycles. The van der Waals surface area contributed by atoms with Crippen molar-refractivity contribution in [3.05, 3.63) is 0 Å². The van der Waals surface area contributed by atoms with Crippen molar-refractivity contribution in [2.24, 2.45) is 5.41 Å². The van der Waals surface area contributed by atoms with Gasteiger partial charge in [0.05, 0.1) is 6.61 Å². The fraction of sp³-hybridized carbons (Fsp3) is 1.00. The van der Waals surface area contributed by atoms with Crippen molar-refractivity contribution >= 4 is 12.4 Å². The summed E-state index contributed by atoms with van der Waals surface area (Å²) in [4.78, 5) is 0. The van der Waals surface area contributed by atoms with Crippen molar-refractivity contribution in [3.8, 4) is 0 Å². The average molecular weight is 178 g/mol. The number of halogens is 1. The second kappa shape index (κ2) is 2.61. The summed E-state index contributed by atoms with van der Waals surface area (Å²) in [6, 6.07) is 0. The summed E-state index contributed by atoms with van der Waals surface area (Å²) in [7, 11) is 0. The maximum absolute atomic E-state index is 8.57. The van der Waals surface area contributed by atoms with Crippen molar-refractivity contribution < 1.29 is 5.11 Å². The van der Waals surface area contributed by atoms with E-state index in [1.54, 1.807) is 0 Å². The summed E-state index contributed by atoms with van der Waals surface area (Å²) >= 11 is 0. The van der Waals surface area contributed by atoms with Crippen LogP contribution >= 0.6 is 12.4 Å². The Morgan fingerprint density at radius 3 is 2.27 bits per heavy atom. The van der Waals surface area contributed by atoms with Gasteiger partial charge in [0.15, 0.2) is 0 Å². The van der Waals surface area contributed by atoms with Crippen LogP contribution in [0.1, 0.15) is 26.2 Å². The van der Waals surface area contributed by atoms with Gasteiger partial charge >= 0.3 is 0 Å². The molecule has 0 spiro atoms. The topological polar surface area (TPSA) is 32.3 Å². The number of nitrogens with one attached hydrogen (secondary N) is 1. The molecule has 0 aliphatic heterocycles. The molecule has 0 unspecified atom stereocenters. The lowest BCUT2D eigenvalue weighted by molar-refractivity contribution is -0.140. The summed E-state index contributed by atoms with van der Waals surface area (Å²) < 4.78 is 0. The summed E-state index contributed by atoms with van der Waals surface area (Å²) in [5.74, 6) is 0. The summed E-state index contributed by atoms with van der Waals surface area (Å²) in [6.45, 7) is 3.39. The molecule has 2 nitrogen and oxygen atoms in total. The van der Waals surface area contributed by atoms with Crippen LogP contribution in [0.4, 0.5) is 0 Å². The molecule has 11 heavy (non-hydrogen) atoms. The smallest absolute Gasteiger partial charge is 0.0556 e. The summed E-state index contributed by atoms with van der Waals surface area (Å²) in [5, 5.41) is 12.0. The van der Waals surface area contributed by atoms with Crippen LogP contribution in [0, 0.1) is 5.41 Å². The van der Waals surface area contributed by atoms with Crippen molar-refractivity contribution in [1.82, 2.24) is 5.32 Å². The van der Waals surface area contributed by atoms with Crippen molar-refractivity contribution in [3.63, 3.8) is 0 Å². The van der Waals surface area contributed by atoms with E-state index in [1.165, 1.54) is 19.3 Å². The fourth-order valence-electron chi connectivity index (χ4n) is 2.80. The quantitative estimate of drug-likeness (QED) is 0.673. The fourth-order valence-corrected chi connectivity index (χ4v) is 2.80. The molecule has 0 saturated heterocycles. The predicted octanol–water partition coefficient (Wildman–Crippen LogP) is 0.933. The molecule has 2 bridgehead atoms. The highest BCUT2D eigenvalue weighted by molar-refractivity contribution is 5.85. The first kappa shape index (κ1) is 9.30. The molecule has 0 aromatic rings. The Morgan fingerprint density at radius 1 is 1.36 bits per heavy atom. The van der Waals surface area contributed by atoms with E-state index < -0.39 is 0 Å². The molecule has 0 radical (unpaired) electrons. The third-order valence-corrected chi connectivity index (χ3v) is 2.91. The van der Waals surface area contributed by atoms with Gasteiger partial charge in [0.2, 0.25) is 0 Å². The molecule has 3 saturated carbocycles. The van der Waals surface area contributed by atoms with Gasteiger partial charge < -0.3 is 10.4 Å². The molecule has 0 amide bonds. The number of β-amino-alcohol motifs (C(OH)–C–C–N with tert-alkyl or cyclic N) is 1. The number of hydrogen-bond acceptors (Lipinski definition) is 2. The van der Waals surface area contributed by atoms with Gasteiger partial charge in [0.25, 0.3) is 0 Å². The molecular weight excluding hydrogens is 162 g/mol.